The fourth-order valence-corrected chi connectivity index (χ4v) is 3.30. The fraction of sp³-hybridized carbons (Fsp3) is 0.550. The first-order valence-corrected chi connectivity index (χ1v) is 9.44. The van der Waals surface area contributed by atoms with Crippen LogP contribution in [-0.4, -0.2) is 47.1 Å². The van der Waals surface area contributed by atoms with E-state index in [-0.39, 0.29) is 5.91 Å². The van der Waals surface area contributed by atoms with E-state index in [1.807, 2.05) is 24.1 Å². The van der Waals surface area contributed by atoms with Crippen LogP contribution in [0.4, 0.5) is 0 Å². The molecule has 1 aliphatic heterocycles. The molecule has 1 aliphatic rings. The Morgan fingerprint density at radius 1 is 1.35 bits per heavy atom. The van der Waals surface area contributed by atoms with Gasteiger partial charge in [0.25, 0.3) is 0 Å². The highest BCUT2D eigenvalue weighted by molar-refractivity contribution is 5.76. The fourth-order valence-electron chi connectivity index (χ4n) is 3.30. The van der Waals surface area contributed by atoms with Crippen LogP contribution in [0.1, 0.15) is 50.5 Å². The van der Waals surface area contributed by atoms with Gasteiger partial charge >= 0.3 is 0 Å². The van der Waals surface area contributed by atoms with Crippen molar-refractivity contribution in [3.63, 3.8) is 0 Å². The summed E-state index contributed by atoms with van der Waals surface area (Å²) in [6.07, 6.45) is 3.07. The lowest BCUT2D eigenvalue weighted by Crippen LogP contribution is -2.47. The number of hydrogen-bond donors (Lipinski definition) is 1. The third-order valence-corrected chi connectivity index (χ3v) is 5.04. The van der Waals surface area contributed by atoms with Crippen LogP contribution in [0.15, 0.2) is 28.8 Å². The maximum atomic E-state index is 12.4. The number of aromatic nitrogens is 2. The third-order valence-electron chi connectivity index (χ3n) is 5.04. The third kappa shape index (κ3) is 4.49. The van der Waals surface area contributed by atoms with Gasteiger partial charge in [0.1, 0.15) is 0 Å². The minimum Gasteiger partial charge on any atom is -0.341 e. The first-order valence-electron chi connectivity index (χ1n) is 9.44. The monoisotopic (exact) mass is 356 g/mol. The Labute approximate surface area is 155 Å². The number of benzene rings is 1. The van der Waals surface area contributed by atoms with E-state index in [9.17, 15) is 4.79 Å². The Balaban J connectivity index is 1.56. The van der Waals surface area contributed by atoms with Crippen molar-refractivity contribution >= 4 is 5.91 Å². The molecule has 2 aromatic rings. The van der Waals surface area contributed by atoms with Gasteiger partial charge in [-0.2, -0.15) is 4.98 Å². The molecule has 26 heavy (non-hydrogen) atoms. The molecule has 6 heteroatoms. The molecule has 1 unspecified atom stereocenters. The zero-order valence-electron chi connectivity index (χ0n) is 15.9. The van der Waals surface area contributed by atoms with Crippen LogP contribution in [-0.2, 0) is 11.2 Å². The molecule has 0 saturated carbocycles. The lowest BCUT2D eigenvalue weighted by atomic mass is 10.0. The van der Waals surface area contributed by atoms with Crippen LogP contribution in [0.3, 0.4) is 0 Å². The van der Waals surface area contributed by atoms with E-state index in [0.29, 0.717) is 36.5 Å². The first-order chi connectivity index (χ1) is 12.6. The van der Waals surface area contributed by atoms with Gasteiger partial charge in [-0.3, -0.25) is 4.79 Å². The highest BCUT2D eigenvalue weighted by Gasteiger charge is 2.22. The number of amides is 1. The van der Waals surface area contributed by atoms with Crippen molar-refractivity contribution in [1.82, 2.24) is 20.4 Å². The maximum absolute atomic E-state index is 12.4. The average Bonchev–Trinajstić information content (AvgIpc) is 3.15. The summed E-state index contributed by atoms with van der Waals surface area (Å²) in [6, 6.07) is 8.61. The molecule has 1 saturated heterocycles. The molecule has 2 heterocycles. The van der Waals surface area contributed by atoms with Crippen LogP contribution in [0.5, 0.6) is 0 Å². The van der Waals surface area contributed by atoms with Gasteiger partial charge in [0.15, 0.2) is 0 Å². The van der Waals surface area contributed by atoms with Crippen LogP contribution in [0, 0.1) is 0 Å². The zero-order valence-corrected chi connectivity index (χ0v) is 15.9. The molecule has 6 nitrogen and oxygen atoms in total. The van der Waals surface area contributed by atoms with E-state index in [1.165, 1.54) is 5.56 Å². The smallest absolute Gasteiger partial charge is 0.227 e. The van der Waals surface area contributed by atoms with Crippen molar-refractivity contribution in [2.45, 2.75) is 51.5 Å². The Morgan fingerprint density at radius 2 is 2.12 bits per heavy atom. The number of carbonyl (C=O) groups is 1. The van der Waals surface area contributed by atoms with Gasteiger partial charge in [-0.25, -0.2) is 0 Å². The number of aryl methyl sites for hydroxylation is 1. The number of carbonyl (C=O) groups excluding carboxylic acids is 1. The summed E-state index contributed by atoms with van der Waals surface area (Å²) in [6.45, 7) is 5.96. The number of nitrogens with zero attached hydrogens (tertiary/aromatic N) is 3. The molecule has 1 atom stereocenters. The Bertz CT molecular complexity index is 724. The molecule has 0 bridgehead atoms. The largest absolute Gasteiger partial charge is 0.341 e. The van der Waals surface area contributed by atoms with Gasteiger partial charge in [-0.05, 0) is 31.4 Å². The molecule has 140 valence electrons. The Hall–Kier alpha value is -2.21. The molecule has 1 aromatic carbocycles. The molecule has 0 aliphatic carbocycles. The quantitative estimate of drug-likeness (QED) is 0.861. The lowest BCUT2D eigenvalue weighted by molar-refractivity contribution is -0.132. The molecule has 1 fully saturated rings. The van der Waals surface area contributed by atoms with Crippen LogP contribution in [0.2, 0.25) is 0 Å². The number of piperidine rings is 1. The molecular weight excluding hydrogens is 328 g/mol. The summed E-state index contributed by atoms with van der Waals surface area (Å²) in [7, 11) is 1.95. The van der Waals surface area contributed by atoms with E-state index < -0.39 is 0 Å². The van der Waals surface area contributed by atoms with E-state index in [0.717, 1.165) is 31.5 Å². The Kier molecular flexibility index (Phi) is 6.04. The van der Waals surface area contributed by atoms with E-state index in [4.69, 9.17) is 4.52 Å². The summed E-state index contributed by atoms with van der Waals surface area (Å²) in [5.41, 5.74) is 2.22. The average molecular weight is 356 g/mol. The van der Waals surface area contributed by atoms with Gasteiger partial charge in [-0.1, -0.05) is 43.3 Å². The van der Waals surface area contributed by atoms with E-state index in [1.54, 1.807) is 0 Å². The second kappa shape index (κ2) is 8.45. The summed E-state index contributed by atoms with van der Waals surface area (Å²) < 4.78 is 5.33. The molecule has 0 radical (unpaired) electrons. The first kappa shape index (κ1) is 18.6. The summed E-state index contributed by atoms with van der Waals surface area (Å²) >= 11 is 0. The predicted octanol–water partition coefficient (Wildman–Crippen LogP) is 3.00. The highest BCUT2D eigenvalue weighted by Crippen LogP contribution is 2.21. The topological polar surface area (TPSA) is 71.3 Å². The number of rotatable bonds is 6. The van der Waals surface area contributed by atoms with Crippen molar-refractivity contribution in [3.05, 3.63) is 35.7 Å². The number of likely N-dealkylation sites (tertiary alicyclic amines) is 1. The Morgan fingerprint density at radius 3 is 2.81 bits per heavy atom. The van der Waals surface area contributed by atoms with Crippen molar-refractivity contribution in [2.24, 2.45) is 0 Å². The van der Waals surface area contributed by atoms with E-state index in [2.05, 4.69) is 41.4 Å². The van der Waals surface area contributed by atoms with Gasteiger partial charge in [0.05, 0.1) is 0 Å². The van der Waals surface area contributed by atoms with Crippen molar-refractivity contribution in [2.75, 3.05) is 20.1 Å². The number of hydrogen-bond acceptors (Lipinski definition) is 5. The minimum atomic E-state index is 0.158. The lowest BCUT2D eigenvalue weighted by Gasteiger charge is -2.32. The van der Waals surface area contributed by atoms with Crippen molar-refractivity contribution in [1.29, 1.82) is 0 Å². The number of nitrogens with one attached hydrogen (secondary N) is 1. The zero-order chi connectivity index (χ0) is 18.5. The normalized spacial score (nSPS) is 17.7. The van der Waals surface area contributed by atoms with Gasteiger partial charge in [0.2, 0.25) is 17.6 Å². The van der Waals surface area contributed by atoms with E-state index >= 15 is 0 Å². The second-order valence-electron chi connectivity index (χ2n) is 7.26. The minimum absolute atomic E-state index is 0.158. The standard InChI is InChI=1S/C20H28N4O2/c1-14(2)15-6-8-16(9-7-15)20-22-18(26-23-20)10-11-19(25)24-12-4-5-17(13-24)21-3/h6-9,14,17,21H,4-5,10-13H2,1-3H3. The summed E-state index contributed by atoms with van der Waals surface area (Å²) in [5, 5.41) is 7.32. The maximum Gasteiger partial charge on any atom is 0.227 e. The summed E-state index contributed by atoms with van der Waals surface area (Å²) in [4.78, 5) is 18.8. The highest BCUT2D eigenvalue weighted by atomic mass is 16.5. The van der Waals surface area contributed by atoms with Crippen molar-refractivity contribution < 1.29 is 9.32 Å². The molecule has 1 amide bonds. The predicted molar refractivity (Wildman–Crippen MR) is 101 cm³/mol. The van der Waals surface area contributed by atoms with Crippen LogP contribution < -0.4 is 5.32 Å². The molecular formula is C20H28N4O2. The van der Waals surface area contributed by atoms with Gasteiger partial charge in [-0.15, -0.1) is 0 Å². The van der Waals surface area contributed by atoms with Crippen LogP contribution in [0.25, 0.3) is 11.4 Å². The molecule has 1 N–H and O–H groups in total. The second-order valence-corrected chi connectivity index (χ2v) is 7.26. The molecule has 0 spiro atoms. The molecule has 3 rings (SSSR count). The number of likely N-dealkylation sites (N-methyl/N-ethyl adjacent to an activating group) is 1. The molecule has 1 aromatic heterocycles. The SMILES string of the molecule is CNC1CCCN(C(=O)CCc2nc(-c3ccc(C(C)C)cc3)no2)C1. The van der Waals surface area contributed by atoms with Crippen molar-refractivity contribution in [3.8, 4) is 11.4 Å². The van der Waals surface area contributed by atoms with Gasteiger partial charge in [0, 0.05) is 37.5 Å². The van der Waals surface area contributed by atoms with Crippen LogP contribution >= 0.6 is 0 Å². The van der Waals surface area contributed by atoms with Gasteiger partial charge < -0.3 is 14.7 Å². The summed E-state index contributed by atoms with van der Waals surface area (Å²) in [5.74, 6) is 1.75.